The zero-order chi connectivity index (χ0) is 49.1. The third-order valence-corrected chi connectivity index (χ3v) is 6.36. The summed E-state index contributed by atoms with van der Waals surface area (Å²) in [4.78, 5) is 20.3. The molecule has 0 aliphatic carbocycles. The number of hydrogen-bond acceptors (Lipinski definition) is 6. The van der Waals surface area contributed by atoms with Crippen LogP contribution in [0.5, 0.6) is 0 Å². The van der Waals surface area contributed by atoms with Gasteiger partial charge in [-0.15, -0.1) is 0 Å². The number of esters is 1. The number of allylic oxidation sites excluding steroid dienone is 7. The Hall–Kier alpha value is -2.38. The maximum absolute atomic E-state index is 11.1. The molecule has 0 saturated carbocycles. The molecule has 0 unspecified atom stereocenters. The van der Waals surface area contributed by atoms with Crippen molar-refractivity contribution in [3.05, 3.63) is 48.1 Å². The van der Waals surface area contributed by atoms with E-state index < -0.39 is 6.16 Å². The zero-order valence-electron chi connectivity index (χ0n) is 45.1. The highest BCUT2D eigenvalue weighted by molar-refractivity contribution is 5.69. The molecule has 0 atom stereocenters. The summed E-state index contributed by atoms with van der Waals surface area (Å²) < 4.78 is 13.9. The average molecular weight is 863 g/mol. The molecule has 0 radical (unpaired) electrons. The Balaban J connectivity index is -0.0000000618. The molecule has 0 aromatic rings. The van der Waals surface area contributed by atoms with E-state index in [1.807, 2.05) is 69.4 Å². The van der Waals surface area contributed by atoms with Gasteiger partial charge in [-0.3, -0.25) is 4.79 Å². The van der Waals surface area contributed by atoms with Gasteiger partial charge in [0.25, 0.3) is 0 Å². The van der Waals surface area contributed by atoms with Crippen LogP contribution in [0.15, 0.2) is 48.1 Å². The molecule has 0 amide bonds. The largest absolute Gasteiger partial charge is 0.505 e. The predicted molar refractivity (Wildman–Crippen MR) is 276 cm³/mol. The maximum atomic E-state index is 11.1. The molecule has 0 saturated heterocycles. The second-order valence-electron chi connectivity index (χ2n) is 13.2. The number of carboxylic acid groups (broad SMARTS) is 1. The van der Waals surface area contributed by atoms with Gasteiger partial charge in [-0.25, -0.2) is 4.79 Å². The van der Waals surface area contributed by atoms with Crippen molar-refractivity contribution in [2.75, 3.05) is 33.9 Å². The number of nitrogens with one attached hydrogen (secondary N) is 1. The van der Waals surface area contributed by atoms with Crippen LogP contribution in [0.2, 0.25) is 0 Å². The lowest BCUT2D eigenvalue weighted by Crippen LogP contribution is -2.10. The maximum Gasteiger partial charge on any atom is 0.505 e. The third-order valence-electron chi connectivity index (χ3n) is 6.36. The van der Waals surface area contributed by atoms with E-state index in [0.717, 1.165) is 52.6 Å². The number of ether oxygens (including phenoxy) is 3. The molecule has 7 nitrogen and oxygen atoms in total. The van der Waals surface area contributed by atoms with Crippen LogP contribution in [0.4, 0.5) is 4.79 Å². The summed E-state index contributed by atoms with van der Waals surface area (Å²) in [5, 5.41) is 10.5. The summed E-state index contributed by atoms with van der Waals surface area (Å²) >= 11 is 0. The van der Waals surface area contributed by atoms with E-state index in [1.165, 1.54) is 76.2 Å². The second-order valence-corrected chi connectivity index (χ2v) is 13.2. The second kappa shape index (κ2) is 96.4. The summed E-state index contributed by atoms with van der Waals surface area (Å²) in [5.74, 6) is 0.603. The van der Waals surface area contributed by atoms with Crippen molar-refractivity contribution in [2.24, 2.45) is 5.92 Å². The fraction of sp³-hybridized carbons (Fsp3) is 0.811. The Morgan fingerprint density at radius 1 is 0.667 bits per heavy atom. The molecule has 0 rings (SSSR count). The molecule has 0 aliphatic rings. The number of unbranched alkanes of at least 4 members (excludes halogenated alkanes) is 7. The summed E-state index contributed by atoms with van der Waals surface area (Å²) in [6.07, 6.45) is 32.8. The Labute approximate surface area is 380 Å². The van der Waals surface area contributed by atoms with Crippen molar-refractivity contribution < 1.29 is 28.9 Å². The fourth-order valence-electron chi connectivity index (χ4n) is 3.54. The molecule has 0 bridgehead atoms. The van der Waals surface area contributed by atoms with Crippen LogP contribution in [0, 0.1) is 5.92 Å². The van der Waals surface area contributed by atoms with Crippen LogP contribution in [-0.2, 0) is 19.0 Å². The minimum absolute atomic E-state index is 0.00743. The Kier molecular flexibility index (Phi) is 131. The third kappa shape index (κ3) is 147. The zero-order valence-corrected chi connectivity index (χ0v) is 45.1. The first kappa shape index (κ1) is 81.5. The van der Waals surface area contributed by atoms with Crippen LogP contribution >= 0.6 is 0 Å². The van der Waals surface area contributed by atoms with Gasteiger partial charge in [-0.05, 0) is 85.1 Å². The van der Waals surface area contributed by atoms with Crippen molar-refractivity contribution in [1.82, 2.24) is 5.32 Å². The van der Waals surface area contributed by atoms with Crippen molar-refractivity contribution in [3.63, 3.8) is 0 Å². The quantitative estimate of drug-likeness (QED) is 0.0484. The van der Waals surface area contributed by atoms with Crippen LogP contribution < -0.4 is 5.32 Å². The van der Waals surface area contributed by atoms with Gasteiger partial charge in [-0.2, -0.15) is 0 Å². The smallest absolute Gasteiger partial charge is 0.463 e. The van der Waals surface area contributed by atoms with Gasteiger partial charge in [0.2, 0.25) is 0 Å². The number of likely N-dealkylation sites (N-methyl/N-ethyl adjacent to an activating group) is 1. The summed E-state index contributed by atoms with van der Waals surface area (Å²) in [7, 11) is 3.02. The standard InChI is InChI=1S/C12H23NO2.C9H16.C8H18.C7H16O.C6H12.C3H8.C2H4O3.3C2H6/c1-11(2)15-12(14)9-7-5-4-6-8-10-13-3;1-4-7-8-9(5-2)6-3;1-3-5-7-8-6-4-2;1-4-5-8-6-7(2)3;1-3-5-6-4-2;1-3-2;1-5-2(3)4;3*1-2/h6,8,11,13H,4-5,7,9-10H2,1-3H3;4,7-8H,5-6H2,1-3H3;3-8H2,1-2H3;7H,4-6H2,1-3H3;5-6H,3-4H2,1-2H3;3H2,1-2H3;1H3,(H,3,4);3*1-2H3/b8-6-;7-4-;;;6-5-;;;;;. The topological polar surface area (TPSA) is 94.1 Å². The van der Waals surface area contributed by atoms with Crippen molar-refractivity contribution >= 4 is 12.1 Å². The van der Waals surface area contributed by atoms with E-state index >= 15 is 0 Å². The highest BCUT2D eigenvalue weighted by atomic mass is 16.6. The molecule has 0 spiro atoms. The highest BCUT2D eigenvalue weighted by Gasteiger charge is 2.03. The van der Waals surface area contributed by atoms with Gasteiger partial charge in [-0.1, -0.05) is 211 Å². The Bertz CT molecular complexity index is 755. The molecule has 2 N–H and O–H groups in total. The Morgan fingerprint density at radius 3 is 1.42 bits per heavy atom. The number of rotatable bonds is 22. The first-order valence-electron chi connectivity index (χ1n) is 24.6. The fourth-order valence-corrected chi connectivity index (χ4v) is 3.54. The van der Waals surface area contributed by atoms with Crippen molar-refractivity contribution in [1.29, 1.82) is 0 Å². The van der Waals surface area contributed by atoms with Crippen LogP contribution in [-0.4, -0.2) is 57.3 Å². The van der Waals surface area contributed by atoms with E-state index in [-0.39, 0.29) is 12.1 Å². The SMILES string of the molecule is C/C=C\C=C(CC)CC.CC.CC.CC.CC/C=C\CC.CCC.CCCCCCCC.CCCOCC(C)C.CNC/C=C\CCCCC(=O)OC(C)C.COC(=O)O. The highest BCUT2D eigenvalue weighted by Crippen LogP contribution is 2.05. The molecule has 0 fully saturated rings. The Morgan fingerprint density at radius 2 is 1.12 bits per heavy atom. The molecular formula is C53H115NO6. The van der Waals surface area contributed by atoms with Gasteiger partial charge in [0, 0.05) is 26.2 Å². The molecule has 60 heavy (non-hydrogen) atoms. The van der Waals surface area contributed by atoms with E-state index in [0.29, 0.717) is 12.3 Å². The number of carbonyl (C=O) groups is 2. The molecule has 7 heteroatoms. The van der Waals surface area contributed by atoms with Gasteiger partial charge < -0.3 is 24.6 Å². The number of methoxy groups -OCH3 is 1. The minimum Gasteiger partial charge on any atom is -0.463 e. The average Bonchev–Trinajstić information content (AvgIpc) is 3.25. The first-order chi connectivity index (χ1) is 28.8. The number of carbonyl (C=O) groups excluding carboxylic acids is 1. The van der Waals surface area contributed by atoms with E-state index in [9.17, 15) is 4.79 Å². The molecule has 0 aliphatic heterocycles. The normalized spacial score (nSPS) is 9.20. The molecular weight excluding hydrogens is 747 g/mol. The lowest BCUT2D eigenvalue weighted by Gasteiger charge is -2.06. The lowest BCUT2D eigenvalue weighted by molar-refractivity contribution is -0.147. The predicted octanol–water partition coefficient (Wildman–Crippen LogP) is 18.2. The lowest BCUT2D eigenvalue weighted by atomic mass is 10.1. The van der Waals surface area contributed by atoms with Crippen molar-refractivity contribution in [3.8, 4) is 0 Å². The van der Waals surface area contributed by atoms with Gasteiger partial charge in [0.1, 0.15) is 0 Å². The van der Waals surface area contributed by atoms with Crippen LogP contribution in [0.25, 0.3) is 0 Å². The summed E-state index contributed by atoms with van der Waals surface area (Å²) in [6.45, 7) is 44.4. The molecule has 0 heterocycles. The summed E-state index contributed by atoms with van der Waals surface area (Å²) in [5.41, 5.74) is 1.52. The van der Waals surface area contributed by atoms with Crippen molar-refractivity contribution in [2.45, 2.75) is 247 Å². The van der Waals surface area contributed by atoms with Gasteiger partial charge >= 0.3 is 12.1 Å². The van der Waals surface area contributed by atoms with E-state index in [2.05, 4.69) is 129 Å². The van der Waals surface area contributed by atoms with Crippen LogP contribution in [0.1, 0.15) is 241 Å². The van der Waals surface area contributed by atoms with E-state index in [1.54, 1.807) is 0 Å². The van der Waals surface area contributed by atoms with Crippen LogP contribution in [0.3, 0.4) is 0 Å². The molecule has 368 valence electrons. The minimum atomic E-state index is -1.25. The monoisotopic (exact) mass is 862 g/mol. The first-order valence-corrected chi connectivity index (χ1v) is 24.6. The van der Waals surface area contributed by atoms with Gasteiger partial charge in [0.15, 0.2) is 0 Å². The van der Waals surface area contributed by atoms with E-state index in [4.69, 9.17) is 19.4 Å². The van der Waals surface area contributed by atoms with Gasteiger partial charge in [0.05, 0.1) is 13.2 Å². The summed E-state index contributed by atoms with van der Waals surface area (Å²) in [6, 6.07) is 0. The number of hydrogen-bond donors (Lipinski definition) is 2. The molecule has 0 aromatic heterocycles. The molecule has 0 aromatic carbocycles.